The second kappa shape index (κ2) is 9.35. The van der Waals surface area contributed by atoms with Gasteiger partial charge < -0.3 is 4.74 Å². The topological polar surface area (TPSA) is 81.3 Å². The highest BCUT2D eigenvalue weighted by atomic mass is 31.2. The Labute approximate surface area is 172 Å². The number of nitrogens with zero attached hydrogens (tertiary/aromatic N) is 1. The molecule has 0 radical (unpaired) electrons. The number of hydrogen-bond donors (Lipinski definition) is 2. The Morgan fingerprint density at radius 3 is 1.52 bits per heavy atom. The van der Waals surface area contributed by atoms with Crippen LogP contribution in [0.15, 0.2) is 91.0 Å². The fourth-order valence-corrected chi connectivity index (χ4v) is 6.94. The number of carbonyl (C=O) groups is 1. The van der Waals surface area contributed by atoms with Crippen LogP contribution in [-0.2, 0) is 9.53 Å². The zero-order valence-corrected chi connectivity index (χ0v) is 17.3. The molecule has 0 heterocycles. The lowest BCUT2D eigenvalue weighted by atomic mass is 10.4. The maximum absolute atomic E-state index is 12.5. The summed E-state index contributed by atoms with van der Waals surface area (Å²) in [5, 5.41) is 3.47. The van der Waals surface area contributed by atoms with Crippen molar-refractivity contribution in [2.75, 3.05) is 19.9 Å². The molecule has 3 rings (SSSR count). The molecule has 0 saturated heterocycles. The second-order valence-corrected chi connectivity index (χ2v) is 10.2. The van der Waals surface area contributed by atoms with Gasteiger partial charge in [-0.05, 0) is 36.4 Å². The molecule has 148 valence electrons. The molecule has 0 spiro atoms. The lowest BCUT2D eigenvalue weighted by Crippen LogP contribution is -2.38. The summed E-state index contributed by atoms with van der Waals surface area (Å²) in [5.74, 6) is -0.287. The number of rotatable bonds is 7. The van der Waals surface area contributed by atoms with E-state index < -0.39 is 7.26 Å². The number of ether oxygens (including phenoxy) is 1. The van der Waals surface area contributed by atoms with Crippen molar-refractivity contribution in [2.24, 2.45) is 11.5 Å². The molecule has 3 aromatic carbocycles. The highest BCUT2D eigenvalue weighted by molar-refractivity contribution is 7.95. The van der Waals surface area contributed by atoms with E-state index >= 15 is 0 Å². The summed E-state index contributed by atoms with van der Waals surface area (Å²) in [7, 11) is -0.548. The minimum atomic E-state index is -2.21. The minimum Gasteiger partial charge on any atom is -0.426 e. The molecule has 0 amide bonds. The molecule has 0 fully saturated rings. The Morgan fingerprint density at radius 1 is 0.793 bits per heavy atom. The zero-order chi connectivity index (χ0) is 20.7. The standard InChI is InChI=1S/C23H25N3O2P/c1-26(23(24)25)17-22(27)28-18-29(19-11-5-2-6-12-19,20-13-7-3-8-14-20)21-15-9-4-10-16-21/h2-16H,17-18H2,1H3,(H3,24,25)/q+1/p+1. The van der Waals surface area contributed by atoms with Gasteiger partial charge in [-0.15, -0.1) is 0 Å². The van der Waals surface area contributed by atoms with Crippen molar-refractivity contribution in [3.8, 4) is 0 Å². The lowest BCUT2D eigenvalue weighted by Gasteiger charge is -2.26. The van der Waals surface area contributed by atoms with Crippen molar-refractivity contribution < 1.29 is 14.1 Å². The molecule has 4 N–H and O–H groups in total. The molecule has 6 heteroatoms. The molecule has 0 atom stereocenters. The van der Waals surface area contributed by atoms with Gasteiger partial charge >= 0.3 is 11.9 Å². The van der Waals surface area contributed by atoms with E-state index in [0.29, 0.717) is 0 Å². The van der Waals surface area contributed by atoms with Gasteiger partial charge in [-0.3, -0.25) is 16.0 Å². The minimum absolute atomic E-state index is 0.000697. The Hall–Kier alpha value is -3.17. The van der Waals surface area contributed by atoms with Gasteiger partial charge in [0.2, 0.25) is 6.35 Å². The maximum Gasteiger partial charge on any atom is 0.343 e. The first-order chi connectivity index (χ1) is 14.0. The molecular formula is C23H26N3O2P+2. The van der Waals surface area contributed by atoms with Gasteiger partial charge in [-0.25, -0.2) is 4.79 Å². The monoisotopic (exact) mass is 407 g/mol. The smallest absolute Gasteiger partial charge is 0.343 e. The Morgan fingerprint density at radius 2 is 1.17 bits per heavy atom. The van der Waals surface area contributed by atoms with Crippen molar-refractivity contribution in [2.45, 2.75) is 0 Å². The van der Waals surface area contributed by atoms with Gasteiger partial charge in [0, 0.05) is 0 Å². The van der Waals surface area contributed by atoms with Crippen LogP contribution >= 0.6 is 7.26 Å². The summed E-state index contributed by atoms with van der Waals surface area (Å²) in [6.45, 7) is 0.000697. The van der Waals surface area contributed by atoms with Crippen LogP contribution in [0.1, 0.15) is 0 Å². The van der Waals surface area contributed by atoms with E-state index in [1.54, 1.807) is 7.05 Å². The van der Waals surface area contributed by atoms with Gasteiger partial charge in [0.25, 0.3) is 0 Å². The molecule has 0 bridgehead atoms. The summed E-state index contributed by atoms with van der Waals surface area (Å²) in [6, 6.07) is 30.8. The van der Waals surface area contributed by atoms with Crippen LogP contribution in [0.5, 0.6) is 0 Å². The summed E-state index contributed by atoms with van der Waals surface area (Å²) in [4.78, 5) is 12.5. The highest BCUT2D eigenvalue weighted by Gasteiger charge is 2.46. The van der Waals surface area contributed by atoms with E-state index in [0.717, 1.165) is 15.9 Å². The van der Waals surface area contributed by atoms with E-state index in [1.165, 1.54) is 4.58 Å². The first kappa shape index (κ1) is 20.6. The van der Waals surface area contributed by atoms with Gasteiger partial charge in [0.15, 0.2) is 13.8 Å². The number of carbonyl (C=O) groups excluding carboxylic acids is 1. The predicted octanol–water partition coefficient (Wildman–Crippen LogP) is 1.40. The quantitative estimate of drug-likeness (QED) is 0.204. The van der Waals surface area contributed by atoms with Crippen LogP contribution < -0.4 is 27.4 Å². The van der Waals surface area contributed by atoms with Crippen molar-refractivity contribution in [3.63, 3.8) is 0 Å². The Bertz CT molecular complexity index is 876. The third-order valence-corrected chi connectivity index (χ3v) is 8.87. The summed E-state index contributed by atoms with van der Waals surface area (Å²) in [5.41, 5.74) is 11.1. The van der Waals surface area contributed by atoms with Crippen LogP contribution in [0, 0.1) is 0 Å². The molecule has 29 heavy (non-hydrogen) atoms. The first-order valence-corrected chi connectivity index (χ1v) is 11.3. The zero-order valence-electron chi connectivity index (χ0n) is 16.4. The average molecular weight is 407 g/mol. The molecule has 0 aliphatic carbocycles. The third kappa shape index (κ3) is 4.64. The van der Waals surface area contributed by atoms with Gasteiger partial charge in [-0.2, -0.15) is 0 Å². The van der Waals surface area contributed by atoms with Crippen LogP contribution in [-0.4, -0.2) is 36.4 Å². The van der Waals surface area contributed by atoms with E-state index in [2.05, 4.69) is 36.4 Å². The lowest BCUT2D eigenvalue weighted by molar-refractivity contribution is -0.489. The van der Waals surface area contributed by atoms with E-state index in [-0.39, 0.29) is 24.8 Å². The largest absolute Gasteiger partial charge is 0.426 e. The second-order valence-electron chi connectivity index (χ2n) is 6.74. The SMILES string of the molecule is C[N+](CC(=O)OC[P+](c1ccccc1)(c1ccccc1)c1ccccc1)=C(N)N. The van der Waals surface area contributed by atoms with Crippen LogP contribution in [0.3, 0.4) is 0 Å². The van der Waals surface area contributed by atoms with Crippen molar-refractivity contribution in [1.29, 1.82) is 0 Å². The number of nitrogens with two attached hydrogens (primary N) is 2. The van der Waals surface area contributed by atoms with Gasteiger partial charge in [0.05, 0.1) is 7.05 Å². The van der Waals surface area contributed by atoms with Gasteiger partial charge in [0.1, 0.15) is 15.9 Å². The summed E-state index contributed by atoms with van der Waals surface area (Å²) >= 11 is 0. The maximum atomic E-state index is 12.5. The number of likely N-dealkylation sites (N-methyl/N-ethyl adjacent to an activating group) is 1. The van der Waals surface area contributed by atoms with Crippen LogP contribution in [0.25, 0.3) is 0 Å². The van der Waals surface area contributed by atoms with E-state index in [4.69, 9.17) is 16.2 Å². The van der Waals surface area contributed by atoms with Gasteiger partial charge in [-0.1, -0.05) is 54.6 Å². The molecule has 3 aromatic rings. The fraction of sp³-hybridized carbons (Fsp3) is 0.130. The Balaban J connectivity index is 2.08. The highest BCUT2D eigenvalue weighted by Crippen LogP contribution is 2.55. The van der Waals surface area contributed by atoms with E-state index in [1.807, 2.05) is 54.6 Å². The molecular weight excluding hydrogens is 381 g/mol. The van der Waals surface area contributed by atoms with Crippen LogP contribution in [0.4, 0.5) is 0 Å². The molecule has 0 unspecified atom stereocenters. The molecule has 0 aliphatic rings. The fourth-order valence-electron chi connectivity index (χ4n) is 3.22. The summed E-state index contributed by atoms with van der Waals surface area (Å²) < 4.78 is 7.30. The van der Waals surface area contributed by atoms with Crippen LogP contribution in [0.2, 0.25) is 0 Å². The molecule has 0 aromatic heterocycles. The molecule has 0 aliphatic heterocycles. The Kier molecular flexibility index (Phi) is 6.63. The normalized spacial score (nSPS) is 10.9. The molecule has 5 nitrogen and oxygen atoms in total. The average Bonchev–Trinajstić information content (AvgIpc) is 2.76. The predicted molar refractivity (Wildman–Crippen MR) is 121 cm³/mol. The van der Waals surface area contributed by atoms with E-state index in [9.17, 15) is 4.79 Å². The number of esters is 1. The van der Waals surface area contributed by atoms with Crippen molar-refractivity contribution in [1.82, 2.24) is 0 Å². The molecule has 0 saturated carbocycles. The van der Waals surface area contributed by atoms with Crippen molar-refractivity contribution in [3.05, 3.63) is 91.0 Å². The van der Waals surface area contributed by atoms with Crippen molar-refractivity contribution >= 4 is 35.1 Å². The third-order valence-electron chi connectivity index (χ3n) is 4.82. The number of hydrogen-bond acceptors (Lipinski definition) is 2. The number of benzene rings is 3. The first-order valence-electron chi connectivity index (χ1n) is 9.33. The summed E-state index contributed by atoms with van der Waals surface area (Å²) in [6.07, 6.45) is 0.266. The number of guanidine groups is 1.